The predicted octanol–water partition coefficient (Wildman–Crippen LogP) is 0.316. The molecule has 0 aromatic heterocycles. The Hall–Kier alpha value is -2.57. The van der Waals surface area contributed by atoms with Crippen LogP contribution in [0.2, 0.25) is 0 Å². The van der Waals surface area contributed by atoms with Crippen molar-refractivity contribution in [2.45, 2.75) is 18.4 Å². The molecular weight excluding hydrogens is 272 g/mol. The van der Waals surface area contributed by atoms with Gasteiger partial charge in [-0.1, -0.05) is 12.1 Å². The van der Waals surface area contributed by atoms with Crippen molar-refractivity contribution in [1.82, 2.24) is 10.2 Å². The van der Waals surface area contributed by atoms with Gasteiger partial charge >= 0.3 is 6.03 Å². The third-order valence-corrected chi connectivity index (χ3v) is 4.30. The molecule has 0 radical (unpaired) electrons. The Kier molecular flexibility index (Phi) is 3.04. The monoisotopic (exact) mass is 288 g/mol. The SMILES string of the molecule is Nc1ccccc1N1CCC2(CC1)C(=O)NC(=O)N2C=O. The zero-order valence-corrected chi connectivity index (χ0v) is 11.4. The van der Waals surface area contributed by atoms with E-state index in [1.165, 1.54) is 0 Å². The number of benzene rings is 1. The molecule has 0 saturated carbocycles. The summed E-state index contributed by atoms with van der Waals surface area (Å²) in [5.74, 6) is -0.389. The van der Waals surface area contributed by atoms with Gasteiger partial charge in [-0.2, -0.15) is 0 Å². The standard InChI is InChI=1S/C14H16N4O3/c15-10-3-1-2-4-11(10)17-7-5-14(6-8-17)12(20)16-13(21)18(14)9-19/h1-4,9H,5-8,15H2,(H,16,20,21). The third kappa shape index (κ3) is 1.93. The lowest BCUT2D eigenvalue weighted by molar-refractivity contribution is -0.133. The number of piperidine rings is 1. The number of hydrogen-bond acceptors (Lipinski definition) is 5. The number of imide groups is 2. The smallest absolute Gasteiger partial charge is 0.331 e. The van der Waals surface area contributed by atoms with Crippen LogP contribution in [-0.4, -0.2) is 41.9 Å². The highest BCUT2D eigenvalue weighted by Crippen LogP contribution is 2.35. The van der Waals surface area contributed by atoms with E-state index in [4.69, 9.17) is 5.73 Å². The number of amides is 4. The normalized spacial score (nSPS) is 20.8. The van der Waals surface area contributed by atoms with Crippen molar-refractivity contribution in [1.29, 1.82) is 0 Å². The number of para-hydroxylation sites is 2. The van der Waals surface area contributed by atoms with Gasteiger partial charge in [0.1, 0.15) is 5.54 Å². The average Bonchev–Trinajstić information content (AvgIpc) is 2.71. The quantitative estimate of drug-likeness (QED) is 0.464. The summed E-state index contributed by atoms with van der Waals surface area (Å²) in [6.45, 7) is 1.11. The van der Waals surface area contributed by atoms with Crippen molar-refractivity contribution in [3.8, 4) is 0 Å². The molecule has 0 bridgehead atoms. The van der Waals surface area contributed by atoms with E-state index >= 15 is 0 Å². The van der Waals surface area contributed by atoms with Crippen molar-refractivity contribution in [3.05, 3.63) is 24.3 Å². The molecule has 2 aliphatic rings. The highest BCUT2D eigenvalue weighted by atomic mass is 16.2. The van der Waals surface area contributed by atoms with Crippen LogP contribution in [0, 0.1) is 0 Å². The molecule has 1 aromatic rings. The molecule has 7 nitrogen and oxygen atoms in total. The molecule has 7 heteroatoms. The van der Waals surface area contributed by atoms with Gasteiger partial charge in [-0.3, -0.25) is 19.8 Å². The predicted molar refractivity (Wildman–Crippen MR) is 76.5 cm³/mol. The third-order valence-electron chi connectivity index (χ3n) is 4.30. The molecule has 2 fully saturated rings. The number of anilines is 2. The second-order valence-corrected chi connectivity index (χ2v) is 5.31. The van der Waals surface area contributed by atoms with Gasteiger partial charge in [-0.05, 0) is 25.0 Å². The van der Waals surface area contributed by atoms with Crippen molar-refractivity contribution in [3.63, 3.8) is 0 Å². The summed E-state index contributed by atoms with van der Waals surface area (Å²) in [5.41, 5.74) is 6.50. The number of carbonyl (C=O) groups is 3. The fourth-order valence-corrected chi connectivity index (χ4v) is 3.09. The van der Waals surface area contributed by atoms with Crippen LogP contribution in [0.1, 0.15) is 12.8 Å². The largest absolute Gasteiger partial charge is 0.397 e. The zero-order chi connectivity index (χ0) is 15.0. The van der Waals surface area contributed by atoms with Crippen molar-refractivity contribution in [2.24, 2.45) is 0 Å². The van der Waals surface area contributed by atoms with Crippen LogP contribution in [0.25, 0.3) is 0 Å². The molecule has 2 saturated heterocycles. The molecule has 1 spiro atoms. The van der Waals surface area contributed by atoms with Crippen molar-refractivity contribution in [2.75, 3.05) is 23.7 Å². The molecule has 4 amide bonds. The Morgan fingerprint density at radius 1 is 1.19 bits per heavy atom. The van der Waals surface area contributed by atoms with Crippen LogP contribution in [0.5, 0.6) is 0 Å². The van der Waals surface area contributed by atoms with E-state index in [9.17, 15) is 14.4 Å². The lowest BCUT2D eigenvalue weighted by Gasteiger charge is -2.41. The van der Waals surface area contributed by atoms with E-state index in [-0.39, 0.29) is 5.91 Å². The number of hydrogen-bond donors (Lipinski definition) is 2. The van der Waals surface area contributed by atoms with E-state index in [2.05, 4.69) is 10.2 Å². The number of nitrogens with two attached hydrogens (primary N) is 1. The summed E-state index contributed by atoms with van der Waals surface area (Å²) in [6.07, 6.45) is 1.24. The lowest BCUT2D eigenvalue weighted by Crippen LogP contribution is -2.56. The fourth-order valence-electron chi connectivity index (χ4n) is 3.09. The lowest BCUT2D eigenvalue weighted by atomic mass is 9.86. The van der Waals surface area contributed by atoms with Gasteiger partial charge in [0.2, 0.25) is 6.41 Å². The summed E-state index contributed by atoms with van der Waals surface area (Å²) in [5, 5.41) is 2.22. The first-order chi connectivity index (χ1) is 10.1. The number of rotatable bonds is 2. The summed E-state index contributed by atoms with van der Waals surface area (Å²) in [4.78, 5) is 37.9. The molecule has 21 heavy (non-hydrogen) atoms. The van der Waals surface area contributed by atoms with Crippen molar-refractivity contribution < 1.29 is 14.4 Å². The maximum Gasteiger partial charge on any atom is 0.331 e. The zero-order valence-electron chi connectivity index (χ0n) is 11.4. The van der Waals surface area contributed by atoms with Crippen molar-refractivity contribution >= 4 is 29.7 Å². The first-order valence-electron chi connectivity index (χ1n) is 6.78. The van der Waals surface area contributed by atoms with Gasteiger partial charge in [0.05, 0.1) is 11.4 Å². The summed E-state index contributed by atoms with van der Waals surface area (Å²) < 4.78 is 0. The van der Waals surface area contributed by atoms with Gasteiger partial charge in [-0.15, -0.1) is 0 Å². The van der Waals surface area contributed by atoms with Crippen LogP contribution >= 0.6 is 0 Å². The van der Waals surface area contributed by atoms with E-state index in [0.717, 1.165) is 10.6 Å². The van der Waals surface area contributed by atoms with Crippen LogP contribution in [0.15, 0.2) is 24.3 Å². The van der Waals surface area contributed by atoms with Gasteiger partial charge in [0.25, 0.3) is 5.91 Å². The first-order valence-corrected chi connectivity index (χ1v) is 6.78. The molecule has 0 atom stereocenters. The minimum Gasteiger partial charge on any atom is -0.397 e. The summed E-state index contributed by atoms with van der Waals surface area (Å²) >= 11 is 0. The Morgan fingerprint density at radius 3 is 2.48 bits per heavy atom. The van der Waals surface area contributed by atoms with E-state index < -0.39 is 11.6 Å². The van der Waals surface area contributed by atoms with Crippen LogP contribution in [-0.2, 0) is 9.59 Å². The summed E-state index contributed by atoms with van der Waals surface area (Å²) in [6, 6.07) is 6.87. The van der Waals surface area contributed by atoms with E-state index in [0.29, 0.717) is 38.0 Å². The second kappa shape index (κ2) is 4.76. The molecule has 3 N–H and O–H groups in total. The topological polar surface area (TPSA) is 95.7 Å². The highest BCUT2D eigenvalue weighted by molar-refractivity contribution is 6.11. The van der Waals surface area contributed by atoms with E-state index in [1.807, 2.05) is 24.3 Å². The molecule has 0 aliphatic carbocycles. The van der Waals surface area contributed by atoms with Crippen LogP contribution in [0.4, 0.5) is 16.2 Å². The Labute approximate surface area is 121 Å². The molecule has 2 heterocycles. The molecule has 0 unspecified atom stereocenters. The first kappa shape index (κ1) is 13.4. The van der Waals surface area contributed by atoms with Gasteiger partial charge < -0.3 is 10.6 Å². The fraction of sp³-hybridized carbons (Fsp3) is 0.357. The number of nitrogens with one attached hydrogen (secondary N) is 1. The van der Waals surface area contributed by atoms with E-state index in [1.54, 1.807) is 0 Å². The average molecular weight is 288 g/mol. The van der Waals surface area contributed by atoms with Crippen LogP contribution in [0.3, 0.4) is 0 Å². The minimum absolute atomic E-state index is 0.389. The number of nitrogen functional groups attached to an aromatic ring is 1. The second-order valence-electron chi connectivity index (χ2n) is 5.31. The van der Waals surface area contributed by atoms with Gasteiger partial charge in [0, 0.05) is 13.1 Å². The summed E-state index contributed by atoms with van der Waals surface area (Å²) in [7, 11) is 0. The Balaban J connectivity index is 1.82. The molecular formula is C14H16N4O3. The maximum absolute atomic E-state index is 12.1. The molecule has 110 valence electrons. The van der Waals surface area contributed by atoms with Gasteiger partial charge in [-0.25, -0.2) is 4.79 Å². The Bertz CT molecular complexity index is 608. The Morgan fingerprint density at radius 2 is 1.86 bits per heavy atom. The minimum atomic E-state index is -1.04. The number of nitrogens with zero attached hydrogens (tertiary/aromatic N) is 2. The highest BCUT2D eigenvalue weighted by Gasteiger charge is 2.54. The molecule has 2 aliphatic heterocycles. The molecule has 3 rings (SSSR count). The number of urea groups is 1. The molecule has 1 aromatic carbocycles. The van der Waals surface area contributed by atoms with Crippen LogP contribution < -0.4 is 16.0 Å². The van der Waals surface area contributed by atoms with Gasteiger partial charge in [0.15, 0.2) is 0 Å². The number of carbonyl (C=O) groups excluding carboxylic acids is 3. The maximum atomic E-state index is 12.1.